The van der Waals surface area contributed by atoms with Crippen LogP contribution in [-0.2, 0) is 24.4 Å². The third kappa shape index (κ3) is 8.26. The van der Waals surface area contributed by atoms with Gasteiger partial charge in [-0.1, -0.05) is 36.4 Å². The van der Waals surface area contributed by atoms with Crippen molar-refractivity contribution in [2.24, 2.45) is 4.99 Å². The summed E-state index contributed by atoms with van der Waals surface area (Å²) in [6, 6.07) is 13.4. The molecule has 2 aromatic carbocycles. The van der Waals surface area contributed by atoms with Crippen LogP contribution >= 0.6 is 24.0 Å². The molecule has 6 heteroatoms. The topological polar surface area (TPSA) is 45.7 Å². The van der Waals surface area contributed by atoms with Gasteiger partial charge in [0.2, 0.25) is 0 Å². The van der Waals surface area contributed by atoms with E-state index < -0.39 is 0 Å². The molecule has 27 heavy (non-hydrogen) atoms. The molecular weight excluding hydrogens is 456 g/mol. The lowest BCUT2D eigenvalue weighted by molar-refractivity contribution is 0.0657. The minimum absolute atomic E-state index is 0. The van der Waals surface area contributed by atoms with Gasteiger partial charge in [-0.2, -0.15) is 0 Å². The molecule has 0 aliphatic heterocycles. The molecule has 0 spiro atoms. The summed E-state index contributed by atoms with van der Waals surface area (Å²) in [7, 11) is 1.73. The molecule has 0 fully saturated rings. The summed E-state index contributed by atoms with van der Waals surface area (Å²) in [4.78, 5) is 4.24. The second-order valence-corrected chi connectivity index (χ2v) is 6.54. The normalized spacial score (nSPS) is 11.3. The van der Waals surface area contributed by atoms with Crippen LogP contribution in [0.1, 0.15) is 36.1 Å². The highest BCUT2D eigenvalue weighted by molar-refractivity contribution is 14.0. The fourth-order valence-corrected chi connectivity index (χ4v) is 2.50. The van der Waals surface area contributed by atoms with Gasteiger partial charge in [-0.25, -0.2) is 4.39 Å². The third-order valence-corrected chi connectivity index (χ3v) is 3.94. The second kappa shape index (κ2) is 11.9. The average Bonchev–Trinajstić information content (AvgIpc) is 2.63. The molecule has 2 N–H and O–H groups in total. The fourth-order valence-electron chi connectivity index (χ4n) is 2.50. The number of halogens is 2. The molecule has 148 valence electrons. The van der Waals surface area contributed by atoms with E-state index in [9.17, 15) is 4.39 Å². The van der Waals surface area contributed by atoms with E-state index in [1.165, 1.54) is 6.07 Å². The van der Waals surface area contributed by atoms with Crippen molar-refractivity contribution in [2.45, 2.75) is 46.6 Å². The first-order chi connectivity index (χ1) is 12.5. The van der Waals surface area contributed by atoms with Gasteiger partial charge in [-0.05, 0) is 49.1 Å². The summed E-state index contributed by atoms with van der Waals surface area (Å²) >= 11 is 0. The number of guanidine groups is 1. The molecule has 2 rings (SSSR count). The van der Waals surface area contributed by atoms with Gasteiger partial charge in [0.25, 0.3) is 0 Å². The summed E-state index contributed by atoms with van der Waals surface area (Å²) in [5, 5.41) is 6.55. The van der Waals surface area contributed by atoms with E-state index in [0.29, 0.717) is 31.2 Å². The highest BCUT2D eigenvalue weighted by Gasteiger charge is 2.03. The smallest absolute Gasteiger partial charge is 0.191 e. The van der Waals surface area contributed by atoms with Crippen molar-refractivity contribution in [1.29, 1.82) is 0 Å². The first-order valence-corrected chi connectivity index (χ1v) is 8.87. The highest BCUT2D eigenvalue weighted by Crippen LogP contribution is 2.09. The molecule has 0 aliphatic carbocycles. The van der Waals surface area contributed by atoms with Crippen molar-refractivity contribution in [3.8, 4) is 0 Å². The number of hydrogen-bond donors (Lipinski definition) is 2. The summed E-state index contributed by atoms with van der Waals surface area (Å²) in [6.45, 7) is 7.69. The lowest BCUT2D eigenvalue weighted by Crippen LogP contribution is -2.36. The summed E-state index contributed by atoms with van der Waals surface area (Å²) in [5.74, 6) is 0.522. The Morgan fingerprint density at radius 2 is 1.67 bits per heavy atom. The Morgan fingerprint density at radius 3 is 2.26 bits per heavy atom. The molecule has 0 atom stereocenters. The Kier molecular flexibility index (Phi) is 10.3. The maximum atomic E-state index is 13.3. The Bertz CT molecular complexity index is 750. The Morgan fingerprint density at radius 1 is 1.04 bits per heavy atom. The molecule has 0 aromatic heterocycles. The van der Waals surface area contributed by atoms with Gasteiger partial charge in [0.05, 0.1) is 12.7 Å². The van der Waals surface area contributed by atoms with Crippen molar-refractivity contribution in [2.75, 3.05) is 7.05 Å². The van der Waals surface area contributed by atoms with E-state index in [4.69, 9.17) is 4.74 Å². The first kappa shape index (κ1) is 23.4. The minimum Gasteiger partial charge on any atom is -0.374 e. The third-order valence-electron chi connectivity index (χ3n) is 3.94. The van der Waals surface area contributed by atoms with Crippen molar-refractivity contribution in [1.82, 2.24) is 10.6 Å². The lowest BCUT2D eigenvalue weighted by atomic mass is 10.1. The molecule has 0 bridgehead atoms. The molecule has 0 unspecified atom stereocenters. The highest BCUT2D eigenvalue weighted by atomic mass is 127. The van der Waals surface area contributed by atoms with Crippen LogP contribution in [0.4, 0.5) is 4.39 Å². The number of rotatable bonds is 7. The predicted molar refractivity (Wildman–Crippen MR) is 120 cm³/mol. The van der Waals surface area contributed by atoms with E-state index in [-0.39, 0.29) is 35.9 Å². The standard InChI is InChI=1S/C21H28FN3O.HI/c1-15(2)26-14-19-7-5-6-17(11-19)12-24-21(23-4)25-13-18-8-9-20(22)16(3)10-18;/h5-11,15H,12-14H2,1-4H3,(H2,23,24,25);1H. The van der Waals surface area contributed by atoms with Crippen LogP contribution in [0.25, 0.3) is 0 Å². The van der Waals surface area contributed by atoms with E-state index in [2.05, 4.69) is 33.8 Å². The average molecular weight is 485 g/mol. The largest absolute Gasteiger partial charge is 0.374 e. The first-order valence-electron chi connectivity index (χ1n) is 8.87. The van der Waals surface area contributed by atoms with Crippen LogP contribution in [0.15, 0.2) is 47.5 Å². The SMILES string of the molecule is CN=C(NCc1cccc(COC(C)C)c1)NCc1ccc(F)c(C)c1.I. The van der Waals surface area contributed by atoms with Gasteiger partial charge in [0.1, 0.15) is 5.82 Å². The monoisotopic (exact) mass is 485 g/mol. The van der Waals surface area contributed by atoms with Gasteiger partial charge < -0.3 is 15.4 Å². The van der Waals surface area contributed by atoms with Crippen LogP contribution in [0.2, 0.25) is 0 Å². The Labute approximate surface area is 178 Å². The zero-order valence-electron chi connectivity index (χ0n) is 16.4. The second-order valence-electron chi connectivity index (χ2n) is 6.54. The number of nitrogens with zero attached hydrogens (tertiary/aromatic N) is 1. The molecule has 0 radical (unpaired) electrons. The van der Waals surface area contributed by atoms with E-state index in [0.717, 1.165) is 16.7 Å². The number of benzene rings is 2. The van der Waals surface area contributed by atoms with Crippen molar-refractivity contribution in [3.63, 3.8) is 0 Å². The van der Waals surface area contributed by atoms with Gasteiger partial charge in [-0.15, -0.1) is 24.0 Å². The molecule has 0 saturated carbocycles. The molecule has 0 heterocycles. The van der Waals surface area contributed by atoms with Crippen molar-refractivity contribution >= 4 is 29.9 Å². The van der Waals surface area contributed by atoms with E-state index in [1.54, 1.807) is 20.0 Å². The fraction of sp³-hybridized carbons (Fsp3) is 0.381. The van der Waals surface area contributed by atoms with Gasteiger partial charge >= 0.3 is 0 Å². The number of nitrogens with one attached hydrogen (secondary N) is 2. The molecule has 0 amide bonds. The maximum absolute atomic E-state index is 13.3. The molecule has 4 nitrogen and oxygen atoms in total. The van der Waals surface area contributed by atoms with Gasteiger partial charge in [0, 0.05) is 20.1 Å². The van der Waals surface area contributed by atoms with Crippen LogP contribution in [0, 0.1) is 12.7 Å². The number of hydrogen-bond acceptors (Lipinski definition) is 2. The van der Waals surface area contributed by atoms with Crippen molar-refractivity contribution < 1.29 is 9.13 Å². The van der Waals surface area contributed by atoms with Crippen LogP contribution in [0.5, 0.6) is 0 Å². The number of aliphatic imine (C=N–C) groups is 1. The van der Waals surface area contributed by atoms with Crippen LogP contribution in [0.3, 0.4) is 0 Å². The van der Waals surface area contributed by atoms with E-state index in [1.807, 2.05) is 26.0 Å². The number of aryl methyl sites for hydroxylation is 1. The zero-order chi connectivity index (χ0) is 18.9. The summed E-state index contributed by atoms with van der Waals surface area (Å²) < 4.78 is 19.0. The molecule has 0 aliphatic rings. The summed E-state index contributed by atoms with van der Waals surface area (Å²) in [5.41, 5.74) is 3.98. The Balaban J connectivity index is 0.00000364. The lowest BCUT2D eigenvalue weighted by Gasteiger charge is -2.13. The molecule has 0 saturated heterocycles. The van der Waals surface area contributed by atoms with E-state index >= 15 is 0 Å². The quantitative estimate of drug-likeness (QED) is 0.344. The molecule has 2 aromatic rings. The van der Waals surface area contributed by atoms with Gasteiger partial charge in [0.15, 0.2) is 5.96 Å². The minimum atomic E-state index is -0.183. The number of ether oxygens (including phenoxy) is 1. The Hall–Kier alpha value is -1.67. The van der Waals surface area contributed by atoms with Gasteiger partial charge in [-0.3, -0.25) is 4.99 Å². The zero-order valence-corrected chi connectivity index (χ0v) is 18.7. The van der Waals surface area contributed by atoms with Crippen LogP contribution in [-0.4, -0.2) is 19.1 Å². The maximum Gasteiger partial charge on any atom is 0.191 e. The molecular formula is C21H29FIN3O. The predicted octanol–water partition coefficient (Wildman–Crippen LogP) is 4.54. The summed E-state index contributed by atoms with van der Waals surface area (Å²) in [6.07, 6.45) is 0.218. The van der Waals surface area contributed by atoms with Crippen LogP contribution < -0.4 is 10.6 Å². The van der Waals surface area contributed by atoms with Crippen molar-refractivity contribution in [3.05, 3.63) is 70.5 Å².